The number of aromatic nitrogens is 3. The van der Waals surface area contributed by atoms with E-state index in [0.717, 1.165) is 12.8 Å². The van der Waals surface area contributed by atoms with Gasteiger partial charge in [0.2, 0.25) is 5.82 Å². The van der Waals surface area contributed by atoms with Crippen LogP contribution in [0.15, 0.2) is 12.1 Å². The number of aryl methyl sites for hydroxylation is 1. The van der Waals surface area contributed by atoms with Gasteiger partial charge in [0, 0.05) is 11.6 Å². The maximum absolute atomic E-state index is 12.1. The van der Waals surface area contributed by atoms with Crippen LogP contribution in [-0.4, -0.2) is 36.8 Å². The number of rotatable bonds is 4. The number of aromatic amines is 1. The maximum atomic E-state index is 12.1. The number of amides is 1. The van der Waals surface area contributed by atoms with Crippen LogP contribution in [0, 0.1) is 0 Å². The Hall–Kier alpha value is -2.57. The molecular formula is C15H18N4O3. The zero-order valence-electron chi connectivity index (χ0n) is 12.5. The molecule has 0 unspecified atom stereocenters. The summed E-state index contributed by atoms with van der Waals surface area (Å²) in [7, 11) is 0. The molecule has 1 heterocycles. The molecule has 1 aliphatic carbocycles. The number of nitrogens with zero attached hydrogens (tertiary/aromatic N) is 2. The van der Waals surface area contributed by atoms with E-state index < -0.39 is 0 Å². The summed E-state index contributed by atoms with van der Waals surface area (Å²) in [5.74, 6) is -0.0894. The minimum atomic E-state index is -0.312. The molecule has 1 saturated carbocycles. The van der Waals surface area contributed by atoms with Gasteiger partial charge in [0.15, 0.2) is 5.82 Å². The minimum Gasteiger partial charge on any atom is -0.508 e. The first-order valence-corrected chi connectivity index (χ1v) is 7.22. The molecule has 7 nitrogen and oxygen atoms in total. The fourth-order valence-corrected chi connectivity index (χ4v) is 2.21. The van der Waals surface area contributed by atoms with Gasteiger partial charge in [-0.3, -0.25) is 9.89 Å². The Bertz CT molecular complexity index is 734. The number of hydrogen-bond donors (Lipinski definition) is 4. The SMILES string of the molecule is CCc1cc(-c2n[nH]c(C(=O)NC3(C)CC3)n2)c(O)cc1O. The third kappa shape index (κ3) is 2.61. The monoisotopic (exact) mass is 302 g/mol. The highest BCUT2D eigenvalue weighted by Gasteiger charge is 2.39. The van der Waals surface area contributed by atoms with Crippen LogP contribution >= 0.6 is 0 Å². The summed E-state index contributed by atoms with van der Waals surface area (Å²) >= 11 is 0. The van der Waals surface area contributed by atoms with Gasteiger partial charge in [0.25, 0.3) is 5.91 Å². The first-order chi connectivity index (χ1) is 10.4. The molecule has 1 aromatic heterocycles. The fourth-order valence-electron chi connectivity index (χ4n) is 2.21. The number of aromatic hydroxyl groups is 2. The van der Waals surface area contributed by atoms with Crippen LogP contribution in [0.2, 0.25) is 0 Å². The molecule has 0 radical (unpaired) electrons. The first kappa shape index (κ1) is 14.4. The second-order valence-electron chi connectivity index (χ2n) is 5.87. The van der Waals surface area contributed by atoms with E-state index in [9.17, 15) is 15.0 Å². The highest BCUT2D eigenvalue weighted by atomic mass is 16.3. The van der Waals surface area contributed by atoms with E-state index in [1.54, 1.807) is 6.07 Å². The summed E-state index contributed by atoms with van der Waals surface area (Å²) in [4.78, 5) is 16.2. The van der Waals surface area contributed by atoms with Crippen molar-refractivity contribution >= 4 is 5.91 Å². The largest absolute Gasteiger partial charge is 0.508 e. The fraction of sp³-hybridized carbons (Fsp3) is 0.400. The second kappa shape index (κ2) is 5.01. The summed E-state index contributed by atoms with van der Waals surface area (Å²) in [5, 5.41) is 29.1. The van der Waals surface area contributed by atoms with Crippen molar-refractivity contribution in [2.45, 2.75) is 38.6 Å². The Labute approximate surface area is 127 Å². The normalized spacial score (nSPS) is 15.5. The molecule has 1 aromatic carbocycles. The van der Waals surface area contributed by atoms with Crippen molar-refractivity contribution in [3.63, 3.8) is 0 Å². The third-order valence-corrected chi connectivity index (χ3v) is 3.93. The van der Waals surface area contributed by atoms with Gasteiger partial charge in [-0.2, -0.15) is 5.10 Å². The van der Waals surface area contributed by atoms with Gasteiger partial charge < -0.3 is 15.5 Å². The Morgan fingerprint density at radius 2 is 2.09 bits per heavy atom. The Kier molecular flexibility index (Phi) is 3.27. The van der Waals surface area contributed by atoms with E-state index >= 15 is 0 Å². The van der Waals surface area contributed by atoms with E-state index in [1.807, 2.05) is 13.8 Å². The average molecular weight is 302 g/mol. The predicted molar refractivity (Wildman–Crippen MR) is 79.6 cm³/mol. The van der Waals surface area contributed by atoms with Crippen LogP contribution in [0.25, 0.3) is 11.4 Å². The zero-order chi connectivity index (χ0) is 15.9. The Morgan fingerprint density at radius 1 is 1.36 bits per heavy atom. The average Bonchev–Trinajstić information content (AvgIpc) is 3.01. The van der Waals surface area contributed by atoms with Crippen molar-refractivity contribution in [3.05, 3.63) is 23.5 Å². The first-order valence-electron chi connectivity index (χ1n) is 7.22. The summed E-state index contributed by atoms with van der Waals surface area (Å²) in [6.45, 7) is 3.87. The second-order valence-corrected chi connectivity index (χ2v) is 5.87. The quantitative estimate of drug-likeness (QED) is 0.687. The molecule has 116 valence electrons. The lowest BCUT2D eigenvalue weighted by atomic mass is 10.1. The van der Waals surface area contributed by atoms with E-state index in [2.05, 4.69) is 20.5 Å². The van der Waals surface area contributed by atoms with Crippen LogP contribution in [0.1, 0.15) is 42.9 Å². The van der Waals surface area contributed by atoms with Gasteiger partial charge in [-0.1, -0.05) is 6.92 Å². The van der Waals surface area contributed by atoms with Gasteiger partial charge in [-0.05, 0) is 37.8 Å². The number of phenolic OH excluding ortho intramolecular Hbond substituents is 2. The molecule has 0 bridgehead atoms. The maximum Gasteiger partial charge on any atom is 0.289 e. The molecule has 1 amide bonds. The van der Waals surface area contributed by atoms with E-state index in [-0.39, 0.29) is 34.6 Å². The van der Waals surface area contributed by atoms with Crippen molar-refractivity contribution < 1.29 is 15.0 Å². The molecular weight excluding hydrogens is 284 g/mol. The Balaban J connectivity index is 1.89. The smallest absolute Gasteiger partial charge is 0.289 e. The van der Waals surface area contributed by atoms with Gasteiger partial charge in [0.05, 0.1) is 5.56 Å². The van der Waals surface area contributed by atoms with Crippen molar-refractivity contribution in [2.24, 2.45) is 0 Å². The molecule has 0 spiro atoms. The lowest BCUT2D eigenvalue weighted by Gasteiger charge is -2.08. The number of phenols is 2. The van der Waals surface area contributed by atoms with Gasteiger partial charge in [-0.25, -0.2) is 4.98 Å². The van der Waals surface area contributed by atoms with Crippen molar-refractivity contribution in [3.8, 4) is 22.9 Å². The van der Waals surface area contributed by atoms with Crippen LogP contribution in [0.3, 0.4) is 0 Å². The zero-order valence-corrected chi connectivity index (χ0v) is 12.5. The summed E-state index contributed by atoms with van der Waals surface area (Å²) < 4.78 is 0. The van der Waals surface area contributed by atoms with Crippen molar-refractivity contribution in [1.82, 2.24) is 20.5 Å². The van der Waals surface area contributed by atoms with Crippen LogP contribution in [0.5, 0.6) is 11.5 Å². The number of benzene rings is 1. The minimum absolute atomic E-state index is 0.0268. The third-order valence-electron chi connectivity index (χ3n) is 3.93. The number of nitrogens with one attached hydrogen (secondary N) is 2. The lowest BCUT2D eigenvalue weighted by molar-refractivity contribution is 0.0925. The highest BCUT2D eigenvalue weighted by Crippen LogP contribution is 2.35. The molecule has 2 aromatic rings. The molecule has 0 aliphatic heterocycles. The topological polar surface area (TPSA) is 111 Å². The van der Waals surface area contributed by atoms with E-state index in [1.165, 1.54) is 6.07 Å². The molecule has 22 heavy (non-hydrogen) atoms. The van der Waals surface area contributed by atoms with E-state index in [0.29, 0.717) is 17.5 Å². The number of H-pyrrole nitrogens is 1. The standard InChI is InChI=1S/C15H18N4O3/c1-3-8-6-9(11(21)7-10(8)20)12-16-13(19-18-12)14(22)17-15(2)4-5-15/h6-7,20-21H,3-5H2,1-2H3,(H,17,22)(H,16,18,19). The van der Waals surface area contributed by atoms with Crippen molar-refractivity contribution in [1.29, 1.82) is 0 Å². The molecule has 7 heteroatoms. The lowest BCUT2D eigenvalue weighted by Crippen LogP contribution is -2.34. The molecule has 0 atom stereocenters. The predicted octanol–water partition coefficient (Wildman–Crippen LogP) is 1.73. The van der Waals surface area contributed by atoms with Crippen LogP contribution in [0.4, 0.5) is 0 Å². The summed E-state index contributed by atoms with van der Waals surface area (Å²) in [6, 6.07) is 2.88. The van der Waals surface area contributed by atoms with Gasteiger partial charge >= 0.3 is 0 Å². The molecule has 3 rings (SSSR count). The van der Waals surface area contributed by atoms with Crippen LogP contribution in [-0.2, 0) is 6.42 Å². The van der Waals surface area contributed by atoms with Crippen molar-refractivity contribution in [2.75, 3.05) is 0 Å². The number of carbonyl (C=O) groups excluding carboxylic acids is 1. The Morgan fingerprint density at radius 3 is 2.73 bits per heavy atom. The van der Waals surface area contributed by atoms with Gasteiger partial charge in [0.1, 0.15) is 11.5 Å². The highest BCUT2D eigenvalue weighted by molar-refractivity contribution is 5.91. The van der Waals surface area contributed by atoms with E-state index in [4.69, 9.17) is 0 Å². The molecule has 1 aliphatic rings. The van der Waals surface area contributed by atoms with Crippen LogP contribution < -0.4 is 5.32 Å². The molecule has 1 fully saturated rings. The number of carbonyl (C=O) groups is 1. The number of hydrogen-bond acceptors (Lipinski definition) is 5. The van der Waals surface area contributed by atoms with Gasteiger partial charge in [-0.15, -0.1) is 0 Å². The molecule has 0 saturated heterocycles. The molecule has 4 N–H and O–H groups in total. The summed E-state index contributed by atoms with van der Waals surface area (Å²) in [5.41, 5.74) is 0.914. The summed E-state index contributed by atoms with van der Waals surface area (Å²) in [6.07, 6.45) is 2.52.